The first-order chi connectivity index (χ1) is 23.0. The number of aryl methyl sites for hydroxylation is 2. The molecular formula is C38H41Cl2N3O4S. The Balaban J connectivity index is 1.59. The zero-order valence-corrected chi connectivity index (χ0v) is 29.6. The first kappa shape index (κ1) is 35.5. The molecule has 0 heterocycles. The number of carbonyl (C=O) groups is 2. The zero-order valence-electron chi connectivity index (χ0n) is 27.2. The highest BCUT2D eigenvalue weighted by Crippen LogP contribution is 2.29. The number of rotatable bonds is 12. The van der Waals surface area contributed by atoms with Crippen LogP contribution in [0.1, 0.15) is 54.4 Å². The third-order valence-electron chi connectivity index (χ3n) is 8.68. The van der Waals surface area contributed by atoms with E-state index in [-0.39, 0.29) is 29.8 Å². The second-order valence-corrected chi connectivity index (χ2v) is 15.2. The monoisotopic (exact) mass is 705 g/mol. The van der Waals surface area contributed by atoms with Gasteiger partial charge < -0.3 is 10.2 Å². The molecule has 4 aromatic carbocycles. The van der Waals surface area contributed by atoms with Crippen molar-refractivity contribution in [3.8, 4) is 0 Å². The van der Waals surface area contributed by atoms with E-state index in [1.165, 1.54) is 17.0 Å². The van der Waals surface area contributed by atoms with E-state index in [0.717, 1.165) is 53.1 Å². The molecule has 1 aliphatic carbocycles. The van der Waals surface area contributed by atoms with Crippen LogP contribution in [0.3, 0.4) is 0 Å². The number of hydrogen-bond donors (Lipinski definition) is 1. The highest BCUT2D eigenvalue weighted by Gasteiger charge is 2.35. The molecule has 0 aromatic heterocycles. The van der Waals surface area contributed by atoms with Gasteiger partial charge in [0.1, 0.15) is 12.6 Å². The Bertz CT molecular complexity index is 1810. The van der Waals surface area contributed by atoms with Crippen molar-refractivity contribution in [3.05, 3.63) is 129 Å². The minimum absolute atomic E-state index is 0.00539. The van der Waals surface area contributed by atoms with Crippen molar-refractivity contribution >= 4 is 50.7 Å². The molecule has 1 saturated carbocycles. The van der Waals surface area contributed by atoms with E-state index in [9.17, 15) is 18.0 Å². The summed E-state index contributed by atoms with van der Waals surface area (Å²) in [7, 11) is -4.19. The number of nitrogens with zero attached hydrogens (tertiary/aromatic N) is 2. The van der Waals surface area contributed by atoms with Crippen LogP contribution < -0.4 is 9.62 Å². The fraction of sp³-hybridized carbons (Fsp3) is 0.316. The van der Waals surface area contributed by atoms with Crippen LogP contribution in [0.25, 0.3) is 0 Å². The van der Waals surface area contributed by atoms with E-state index >= 15 is 0 Å². The van der Waals surface area contributed by atoms with Gasteiger partial charge in [-0.25, -0.2) is 8.42 Å². The Hall–Kier alpha value is -3.85. The lowest BCUT2D eigenvalue weighted by Gasteiger charge is -2.35. The summed E-state index contributed by atoms with van der Waals surface area (Å²) in [5.41, 5.74) is 3.51. The van der Waals surface area contributed by atoms with Crippen molar-refractivity contribution < 1.29 is 18.0 Å². The summed E-state index contributed by atoms with van der Waals surface area (Å²) >= 11 is 12.9. The minimum atomic E-state index is -4.19. The molecule has 2 amide bonds. The summed E-state index contributed by atoms with van der Waals surface area (Å²) in [5.74, 6) is -0.826. The Morgan fingerprint density at radius 2 is 1.46 bits per heavy atom. The number of benzene rings is 4. The summed E-state index contributed by atoms with van der Waals surface area (Å²) in [4.78, 5) is 30.5. The molecule has 4 aromatic rings. The van der Waals surface area contributed by atoms with Crippen molar-refractivity contribution in [1.82, 2.24) is 10.2 Å². The van der Waals surface area contributed by atoms with Crippen LogP contribution in [0.4, 0.5) is 5.69 Å². The molecule has 1 N–H and O–H groups in total. The average Bonchev–Trinajstić information content (AvgIpc) is 3.06. The molecule has 0 saturated heterocycles. The van der Waals surface area contributed by atoms with Crippen LogP contribution in [0.5, 0.6) is 0 Å². The van der Waals surface area contributed by atoms with Crippen molar-refractivity contribution in [2.24, 2.45) is 0 Å². The van der Waals surface area contributed by atoms with E-state index < -0.39 is 28.5 Å². The maximum Gasteiger partial charge on any atom is 0.264 e. The smallest absolute Gasteiger partial charge is 0.264 e. The van der Waals surface area contributed by atoms with Gasteiger partial charge in [0.05, 0.1) is 10.6 Å². The summed E-state index contributed by atoms with van der Waals surface area (Å²) in [6.45, 7) is 3.20. The Kier molecular flexibility index (Phi) is 11.8. The van der Waals surface area contributed by atoms with Crippen molar-refractivity contribution in [2.75, 3.05) is 10.8 Å². The summed E-state index contributed by atoms with van der Waals surface area (Å²) in [5, 5.41) is 4.00. The van der Waals surface area contributed by atoms with Gasteiger partial charge >= 0.3 is 0 Å². The number of amides is 2. The van der Waals surface area contributed by atoms with E-state index in [1.807, 2.05) is 50.2 Å². The quantitative estimate of drug-likeness (QED) is 0.162. The van der Waals surface area contributed by atoms with Gasteiger partial charge in [0.25, 0.3) is 10.0 Å². The van der Waals surface area contributed by atoms with Crippen LogP contribution in [0.2, 0.25) is 10.0 Å². The fourth-order valence-corrected chi connectivity index (χ4v) is 8.16. The molecule has 7 nitrogen and oxygen atoms in total. The molecule has 0 bridgehead atoms. The van der Waals surface area contributed by atoms with Gasteiger partial charge in [-0.15, -0.1) is 0 Å². The van der Waals surface area contributed by atoms with Crippen molar-refractivity contribution in [3.63, 3.8) is 0 Å². The third kappa shape index (κ3) is 8.98. The molecule has 0 aliphatic heterocycles. The van der Waals surface area contributed by atoms with Crippen molar-refractivity contribution in [1.29, 1.82) is 0 Å². The third-order valence-corrected chi connectivity index (χ3v) is 11.1. The Morgan fingerprint density at radius 1 is 0.833 bits per heavy atom. The van der Waals surface area contributed by atoms with Crippen molar-refractivity contribution in [2.45, 2.75) is 75.9 Å². The number of hydrogen-bond acceptors (Lipinski definition) is 4. The number of nitrogens with one attached hydrogen (secondary N) is 1. The van der Waals surface area contributed by atoms with E-state index in [1.54, 1.807) is 48.5 Å². The Labute approximate surface area is 293 Å². The van der Waals surface area contributed by atoms with Gasteiger partial charge in [0, 0.05) is 29.1 Å². The van der Waals surface area contributed by atoms with Crippen LogP contribution in [-0.4, -0.2) is 43.8 Å². The first-order valence-electron chi connectivity index (χ1n) is 16.2. The number of sulfonamides is 1. The van der Waals surface area contributed by atoms with Crippen LogP contribution >= 0.6 is 23.2 Å². The largest absolute Gasteiger partial charge is 0.352 e. The molecule has 10 heteroatoms. The second-order valence-electron chi connectivity index (χ2n) is 12.5. The highest BCUT2D eigenvalue weighted by atomic mass is 35.5. The number of carbonyl (C=O) groups excluding carboxylic acids is 2. The summed E-state index contributed by atoms with van der Waals surface area (Å²) < 4.78 is 29.7. The van der Waals surface area contributed by atoms with Gasteiger partial charge in [0.15, 0.2) is 0 Å². The molecule has 252 valence electrons. The lowest BCUT2D eigenvalue weighted by molar-refractivity contribution is -0.140. The lowest BCUT2D eigenvalue weighted by atomic mass is 9.94. The van der Waals surface area contributed by atoms with Crippen LogP contribution in [0, 0.1) is 13.8 Å². The van der Waals surface area contributed by atoms with Gasteiger partial charge in [-0.05, 0) is 85.3 Å². The maximum atomic E-state index is 14.8. The average molecular weight is 707 g/mol. The van der Waals surface area contributed by atoms with Crippen LogP contribution in [-0.2, 0) is 32.6 Å². The standard InChI is InChI=1S/C38H41Cl2N3O4S/c1-27-20-28(2)22-33(21-27)43(48(46,47)34-16-10-5-11-17-34)26-37(44)42(25-30-18-19-31(39)24-35(30)40)36(23-29-12-6-3-7-13-29)38(45)41-32-14-8-4-9-15-32/h3,5-7,10-13,16-22,24,32,36H,4,8-9,14-15,23,25-26H2,1-2H3,(H,41,45)/t36-/m0/s1. The SMILES string of the molecule is Cc1cc(C)cc(N(CC(=O)N(Cc2ccc(Cl)cc2Cl)[C@@H](Cc2ccccc2)C(=O)NC2CCCCC2)S(=O)(=O)c2ccccc2)c1. The van der Waals surface area contributed by atoms with E-state index in [0.29, 0.717) is 21.3 Å². The van der Waals surface area contributed by atoms with Gasteiger partial charge in [-0.1, -0.05) is 103 Å². The molecule has 0 unspecified atom stereocenters. The maximum absolute atomic E-state index is 14.8. The molecule has 1 atom stereocenters. The highest BCUT2D eigenvalue weighted by molar-refractivity contribution is 7.92. The van der Waals surface area contributed by atoms with Gasteiger partial charge in [-0.3, -0.25) is 13.9 Å². The Morgan fingerprint density at radius 3 is 2.08 bits per heavy atom. The molecule has 1 fully saturated rings. The summed E-state index contributed by atoms with van der Waals surface area (Å²) in [6, 6.07) is 27.1. The lowest BCUT2D eigenvalue weighted by Crippen LogP contribution is -2.55. The van der Waals surface area contributed by atoms with Crippen LogP contribution in [0.15, 0.2) is 102 Å². The van der Waals surface area contributed by atoms with Gasteiger partial charge in [0.2, 0.25) is 11.8 Å². The molecule has 5 rings (SSSR count). The molecule has 48 heavy (non-hydrogen) atoms. The molecular weight excluding hydrogens is 665 g/mol. The molecule has 0 spiro atoms. The normalized spacial score (nSPS) is 14.2. The predicted molar refractivity (Wildman–Crippen MR) is 193 cm³/mol. The molecule has 0 radical (unpaired) electrons. The van der Waals surface area contributed by atoms with E-state index in [4.69, 9.17) is 23.2 Å². The second kappa shape index (κ2) is 16.0. The zero-order chi connectivity index (χ0) is 34.3. The molecule has 1 aliphatic rings. The minimum Gasteiger partial charge on any atom is -0.352 e. The van der Waals surface area contributed by atoms with E-state index in [2.05, 4.69) is 5.32 Å². The van der Waals surface area contributed by atoms with Gasteiger partial charge in [-0.2, -0.15) is 0 Å². The first-order valence-corrected chi connectivity index (χ1v) is 18.4. The fourth-order valence-electron chi connectivity index (χ4n) is 6.27. The predicted octanol–water partition coefficient (Wildman–Crippen LogP) is 7.89. The topological polar surface area (TPSA) is 86.8 Å². The number of halogens is 2. The number of anilines is 1. The summed E-state index contributed by atoms with van der Waals surface area (Å²) in [6.07, 6.45) is 5.15.